The number of hydrogen-bond acceptors (Lipinski definition) is 7. The fraction of sp³-hybridized carbons (Fsp3) is 0. The van der Waals surface area contributed by atoms with Crippen molar-refractivity contribution in [3.05, 3.63) is 78.4 Å². The number of aromatic nitrogens is 1. The predicted octanol–water partition coefficient (Wildman–Crippen LogP) is 5.67. The van der Waals surface area contributed by atoms with Crippen molar-refractivity contribution in [2.75, 3.05) is 10.0 Å². The molecule has 0 radical (unpaired) electrons. The number of para-hydroxylation sites is 1. The topological polar surface area (TPSA) is 108 Å². The Balaban J connectivity index is 1.35. The summed E-state index contributed by atoms with van der Waals surface area (Å²) in [7, 11) is -3.98. The van der Waals surface area contributed by atoms with Gasteiger partial charge in [-0.2, -0.15) is 0 Å². The van der Waals surface area contributed by atoms with E-state index in [0.29, 0.717) is 32.6 Å². The number of benzene rings is 4. The molecule has 0 bridgehead atoms. The largest absolute Gasteiger partial charge is 0.507 e. The van der Waals surface area contributed by atoms with Gasteiger partial charge in [0.15, 0.2) is 4.34 Å². The van der Waals surface area contributed by atoms with Crippen molar-refractivity contribution < 1.29 is 18.3 Å². The maximum absolute atomic E-state index is 13.3. The van der Waals surface area contributed by atoms with E-state index in [1.807, 2.05) is 24.3 Å². The van der Waals surface area contributed by atoms with Crippen molar-refractivity contribution >= 4 is 71.4 Å². The lowest BCUT2D eigenvalue weighted by atomic mass is 10.1. The molecule has 1 aliphatic rings. The Morgan fingerprint density at radius 2 is 1.85 bits per heavy atom. The van der Waals surface area contributed by atoms with E-state index in [-0.39, 0.29) is 16.6 Å². The summed E-state index contributed by atoms with van der Waals surface area (Å²) >= 11 is 2.76. The first-order valence-electron chi connectivity index (χ1n) is 10.2. The highest BCUT2D eigenvalue weighted by atomic mass is 32.2. The molecule has 0 unspecified atom stereocenters. The first-order valence-corrected chi connectivity index (χ1v) is 13.3. The monoisotopic (exact) mass is 505 g/mol. The smallest absolute Gasteiger partial charge is 0.262 e. The maximum atomic E-state index is 13.3. The summed E-state index contributed by atoms with van der Waals surface area (Å²) in [5, 5.41) is 14.2. The average Bonchev–Trinajstić information content (AvgIpc) is 3.37. The minimum atomic E-state index is -3.98. The molecule has 34 heavy (non-hydrogen) atoms. The first kappa shape index (κ1) is 21.0. The van der Waals surface area contributed by atoms with Crippen LogP contribution in [0.5, 0.6) is 5.75 Å². The summed E-state index contributed by atoms with van der Waals surface area (Å²) in [5.41, 5.74) is 2.21. The average molecular weight is 506 g/mol. The molecule has 7 nitrogen and oxygen atoms in total. The van der Waals surface area contributed by atoms with Gasteiger partial charge in [0.25, 0.3) is 15.9 Å². The van der Waals surface area contributed by atoms with Crippen LogP contribution in [0.2, 0.25) is 0 Å². The number of nitrogens with zero attached hydrogens (tertiary/aromatic N) is 1. The summed E-state index contributed by atoms with van der Waals surface area (Å²) in [5.74, 6) is -0.222. The highest BCUT2D eigenvalue weighted by Crippen LogP contribution is 2.41. The van der Waals surface area contributed by atoms with E-state index in [0.717, 1.165) is 14.6 Å². The third-order valence-electron chi connectivity index (χ3n) is 5.47. The number of amides is 1. The zero-order valence-corrected chi connectivity index (χ0v) is 19.7. The molecule has 3 N–H and O–H groups in total. The summed E-state index contributed by atoms with van der Waals surface area (Å²) in [6.07, 6.45) is 0. The normalized spacial score (nSPS) is 12.9. The lowest BCUT2D eigenvalue weighted by Crippen LogP contribution is -2.13. The van der Waals surface area contributed by atoms with Crippen LogP contribution in [0.15, 0.2) is 86.9 Å². The molecule has 1 aliphatic heterocycles. The van der Waals surface area contributed by atoms with Crippen molar-refractivity contribution in [1.29, 1.82) is 0 Å². The minimum Gasteiger partial charge on any atom is -0.507 e. The van der Waals surface area contributed by atoms with Crippen LogP contribution in [-0.2, 0) is 10.0 Å². The van der Waals surface area contributed by atoms with Gasteiger partial charge in [0.05, 0.1) is 25.7 Å². The Kier molecular flexibility index (Phi) is 4.76. The molecule has 168 valence electrons. The first-order chi connectivity index (χ1) is 16.4. The second kappa shape index (κ2) is 7.73. The van der Waals surface area contributed by atoms with E-state index in [1.165, 1.54) is 41.3 Å². The highest BCUT2D eigenvalue weighted by Gasteiger charge is 2.26. The number of hydrogen-bond donors (Lipinski definition) is 3. The molecule has 1 amide bonds. The van der Waals surface area contributed by atoms with Gasteiger partial charge in [-0.05, 0) is 48.5 Å². The highest BCUT2D eigenvalue weighted by molar-refractivity contribution is 8.01. The molecular weight excluding hydrogens is 490 g/mol. The molecule has 0 aliphatic carbocycles. The molecular formula is C24H15N3O4S3. The summed E-state index contributed by atoms with van der Waals surface area (Å²) in [6, 6.07) is 20.4. The van der Waals surface area contributed by atoms with E-state index in [9.17, 15) is 18.3 Å². The second-order valence-corrected chi connectivity index (χ2v) is 11.6. The van der Waals surface area contributed by atoms with Gasteiger partial charge in [-0.15, -0.1) is 11.3 Å². The summed E-state index contributed by atoms with van der Waals surface area (Å²) in [4.78, 5) is 17.3. The molecule has 6 rings (SSSR count). The Morgan fingerprint density at radius 1 is 1.00 bits per heavy atom. The quantitative estimate of drug-likeness (QED) is 0.266. The number of phenolic OH excluding ortho intramolecular Hbond substituents is 1. The van der Waals surface area contributed by atoms with E-state index >= 15 is 0 Å². The third-order valence-corrected chi connectivity index (χ3v) is 9.05. The number of carbonyl (C=O) groups excluding carboxylic acids is 1. The molecule has 5 aromatic rings. The van der Waals surface area contributed by atoms with Crippen molar-refractivity contribution in [3.63, 3.8) is 0 Å². The number of nitrogens with one attached hydrogen (secondary N) is 2. The van der Waals surface area contributed by atoms with Crippen LogP contribution in [0.25, 0.3) is 21.0 Å². The summed E-state index contributed by atoms with van der Waals surface area (Å²) in [6.45, 7) is 0. The van der Waals surface area contributed by atoms with Crippen molar-refractivity contribution in [2.24, 2.45) is 0 Å². The summed E-state index contributed by atoms with van der Waals surface area (Å²) < 4.78 is 31.0. The van der Waals surface area contributed by atoms with E-state index < -0.39 is 10.0 Å². The van der Waals surface area contributed by atoms with Gasteiger partial charge in [0.2, 0.25) is 0 Å². The molecule has 0 spiro atoms. The van der Waals surface area contributed by atoms with Gasteiger partial charge in [-0.25, -0.2) is 13.4 Å². The SMILES string of the molecule is O=C1Nc2ccc(S(=O)(=O)Nc3ccc(O)c(Sc4nc5ccccc5s4)c3)c3cccc1c23. The van der Waals surface area contributed by atoms with Gasteiger partial charge in [-0.3, -0.25) is 9.52 Å². The molecule has 0 fully saturated rings. The molecule has 2 heterocycles. The molecule has 0 saturated heterocycles. The molecule has 10 heteroatoms. The van der Waals surface area contributed by atoms with Crippen molar-refractivity contribution in [3.8, 4) is 5.75 Å². The number of carbonyl (C=O) groups is 1. The molecule has 1 aromatic heterocycles. The minimum absolute atomic E-state index is 0.0297. The zero-order valence-electron chi connectivity index (χ0n) is 17.3. The Bertz CT molecular complexity index is 1710. The Morgan fingerprint density at radius 3 is 2.71 bits per heavy atom. The maximum Gasteiger partial charge on any atom is 0.262 e. The number of rotatable bonds is 5. The lowest BCUT2D eigenvalue weighted by Gasteiger charge is -2.12. The number of anilines is 2. The van der Waals surface area contributed by atoms with Crippen LogP contribution in [0.3, 0.4) is 0 Å². The van der Waals surface area contributed by atoms with Crippen LogP contribution < -0.4 is 10.0 Å². The van der Waals surface area contributed by atoms with Gasteiger partial charge < -0.3 is 10.4 Å². The van der Waals surface area contributed by atoms with Crippen LogP contribution in [-0.4, -0.2) is 24.4 Å². The van der Waals surface area contributed by atoms with Gasteiger partial charge >= 0.3 is 0 Å². The number of phenols is 1. The molecule has 4 aromatic carbocycles. The fourth-order valence-electron chi connectivity index (χ4n) is 3.96. The number of fused-ring (bicyclic) bond motifs is 1. The standard InChI is InChI=1S/C24H15N3O4S3/c28-18-10-8-13(12-20(18)33-24-26-16-6-1-2-7-19(16)32-24)27-34(30,31)21-11-9-17-22-14(21)4-3-5-15(22)23(29)25-17/h1-12,27-28H,(H,25,29). The number of sulfonamides is 1. The Labute approximate surface area is 202 Å². The van der Waals surface area contributed by atoms with Crippen LogP contribution in [0.4, 0.5) is 11.4 Å². The van der Waals surface area contributed by atoms with Gasteiger partial charge in [0, 0.05) is 22.0 Å². The fourth-order valence-corrected chi connectivity index (χ4v) is 7.30. The van der Waals surface area contributed by atoms with Gasteiger partial charge in [0.1, 0.15) is 5.75 Å². The van der Waals surface area contributed by atoms with Gasteiger partial charge in [-0.1, -0.05) is 36.0 Å². The van der Waals surface area contributed by atoms with E-state index in [2.05, 4.69) is 15.0 Å². The number of thiazole rings is 1. The van der Waals surface area contributed by atoms with E-state index in [1.54, 1.807) is 30.3 Å². The Hall–Kier alpha value is -3.60. The second-order valence-electron chi connectivity index (χ2n) is 7.63. The van der Waals surface area contributed by atoms with Crippen LogP contribution >= 0.6 is 23.1 Å². The lowest BCUT2D eigenvalue weighted by molar-refractivity contribution is 0.103. The zero-order chi connectivity index (χ0) is 23.4. The van der Waals surface area contributed by atoms with Crippen molar-refractivity contribution in [1.82, 2.24) is 4.98 Å². The third kappa shape index (κ3) is 3.47. The van der Waals surface area contributed by atoms with E-state index in [4.69, 9.17) is 0 Å². The van der Waals surface area contributed by atoms with Crippen LogP contribution in [0, 0.1) is 0 Å². The molecule has 0 atom stereocenters. The van der Waals surface area contributed by atoms with Crippen LogP contribution in [0.1, 0.15) is 10.4 Å². The predicted molar refractivity (Wildman–Crippen MR) is 135 cm³/mol. The number of aromatic hydroxyl groups is 1. The molecule has 0 saturated carbocycles. The van der Waals surface area contributed by atoms with Crippen molar-refractivity contribution in [2.45, 2.75) is 14.1 Å².